The second kappa shape index (κ2) is 11.0. The zero-order chi connectivity index (χ0) is 26.6. The van der Waals surface area contributed by atoms with Gasteiger partial charge in [0.2, 0.25) is 5.91 Å². The molecule has 0 saturated heterocycles. The van der Waals surface area contributed by atoms with Crippen molar-refractivity contribution in [2.24, 2.45) is 5.73 Å². The van der Waals surface area contributed by atoms with Gasteiger partial charge in [-0.3, -0.25) is 9.52 Å². The molecule has 0 bridgehead atoms. The highest BCUT2D eigenvalue weighted by Crippen LogP contribution is 2.33. The summed E-state index contributed by atoms with van der Waals surface area (Å²) in [5.41, 5.74) is 7.53. The van der Waals surface area contributed by atoms with Crippen LogP contribution in [0.2, 0.25) is 5.02 Å². The lowest BCUT2D eigenvalue weighted by atomic mass is 10.2. The van der Waals surface area contributed by atoms with Crippen molar-refractivity contribution in [3.63, 3.8) is 0 Å². The highest BCUT2D eigenvalue weighted by atomic mass is 35.5. The van der Waals surface area contributed by atoms with E-state index in [1.165, 1.54) is 25.3 Å². The second-order valence-electron chi connectivity index (χ2n) is 8.02. The molecule has 0 aliphatic heterocycles. The zero-order valence-electron chi connectivity index (χ0n) is 20.0. The largest absolute Gasteiger partial charge is 0.497 e. The Kier molecular flexibility index (Phi) is 7.77. The van der Waals surface area contributed by atoms with E-state index in [1.807, 2.05) is 0 Å². The molecule has 0 radical (unpaired) electrons. The van der Waals surface area contributed by atoms with Gasteiger partial charge in [-0.05, 0) is 48.9 Å². The van der Waals surface area contributed by atoms with Gasteiger partial charge >= 0.3 is 0 Å². The number of aromatic nitrogens is 2. The Morgan fingerprint density at radius 1 is 1.03 bits per heavy atom. The smallest absolute Gasteiger partial charge is 0.263 e. The van der Waals surface area contributed by atoms with Gasteiger partial charge in [0.15, 0.2) is 11.6 Å². The van der Waals surface area contributed by atoms with Gasteiger partial charge in [-0.25, -0.2) is 18.4 Å². The molecule has 192 valence electrons. The van der Waals surface area contributed by atoms with Gasteiger partial charge in [0.25, 0.3) is 10.0 Å². The van der Waals surface area contributed by atoms with Crippen molar-refractivity contribution in [3.8, 4) is 5.75 Å². The summed E-state index contributed by atoms with van der Waals surface area (Å²) in [5, 5.41) is 6.06. The minimum atomic E-state index is -4.14. The standard InChI is InChI=1S/C25H25ClN6O4S/c1-3-19(27)25(33)28-15-7-6-8-17(13-15)37(34,35)32-24-23(29-20-9-4-5-10-21(20)30-24)31-22-14-16(36-2)11-12-18(22)26/h4-14,19H,3,27H2,1-2H3,(H,28,33)(H,29,31)(H,30,32). The molecule has 4 rings (SSSR count). The molecule has 1 amide bonds. The van der Waals surface area contributed by atoms with Crippen LogP contribution in [0.5, 0.6) is 5.75 Å². The number of sulfonamides is 1. The Balaban J connectivity index is 1.71. The number of fused-ring (bicyclic) bond motifs is 1. The molecular formula is C25H25ClN6O4S. The highest BCUT2D eigenvalue weighted by Gasteiger charge is 2.21. The van der Waals surface area contributed by atoms with E-state index in [1.54, 1.807) is 55.5 Å². The van der Waals surface area contributed by atoms with E-state index in [0.717, 1.165) is 0 Å². The Morgan fingerprint density at radius 3 is 2.41 bits per heavy atom. The van der Waals surface area contributed by atoms with Crippen molar-refractivity contribution in [3.05, 3.63) is 71.8 Å². The minimum Gasteiger partial charge on any atom is -0.497 e. The number of hydrogen-bond acceptors (Lipinski definition) is 8. The average molecular weight is 541 g/mol. The number of rotatable bonds is 9. The van der Waals surface area contributed by atoms with Crippen LogP contribution in [-0.2, 0) is 14.8 Å². The van der Waals surface area contributed by atoms with Gasteiger partial charge in [-0.15, -0.1) is 0 Å². The Hall–Kier alpha value is -3.93. The Morgan fingerprint density at radius 2 is 1.73 bits per heavy atom. The summed E-state index contributed by atoms with van der Waals surface area (Å²) in [6.45, 7) is 1.78. The average Bonchev–Trinajstić information content (AvgIpc) is 2.89. The van der Waals surface area contributed by atoms with E-state index in [9.17, 15) is 13.2 Å². The first kappa shape index (κ1) is 26.1. The lowest BCUT2D eigenvalue weighted by Gasteiger charge is -2.16. The number of hydrogen-bond donors (Lipinski definition) is 4. The number of nitrogens with one attached hydrogen (secondary N) is 3. The molecule has 1 aromatic heterocycles. The van der Waals surface area contributed by atoms with Crippen LogP contribution < -0.4 is 25.8 Å². The molecule has 0 fully saturated rings. The van der Waals surface area contributed by atoms with Crippen LogP contribution in [0.25, 0.3) is 11.0 Å². The number of benzene rings is 3. The van der Waals surface area contributed by atoms with Gasteiger partial charge < -0.3 is 21.1 Å². The Bertz CT molecular complexity index is 1560. The highest BCUT2D eigenvalue weighted by molar-refractivity contribution is 7.92. The molecule has 1 unspecified atom stereocenters. The van der Waals surface area contributed by atoms with Crippen LogP contribution in [0, 0.1) is 0 Å². The first-order valence-electron chi connectivity index (χ1n) is 11.3. The van der Waals surface area contributed by atoms with Gasteiger partial charge in [0.05, 0.1) is 39.8 Å². The quantitative estimate of drug-likeness (QED) is 0.242. The van der Waals surface area contributed by atoms with Crippen molar-refractivity contribution >= 4 is 61.6 Å². The third kappa shape index (κ3) is 6.08. The molecule has 0 aliphatic rings. The third-order valence-corrected chi connectivity index (χ3v) is 7.08. The maximum atomic E-state index is 13.3. The number of ether oxygens (including phenoxy) is 1. The van der Waals surface area contributed by atoms with E-state index >= 15 is 0 Å². The number of methoxy groups -OCH3 is 1. The molecule has 3 aromatic carbocycles. The molecule has 10 nitrogen and oxygen atoms in total. The van der Waals surface area contributed by atoms with Crippen molar-refractivity contribution in [1.29, 1.82) is 0 Å². The number of carbonyl (C=O) groups excluding carboxylic acids is 1. The van der Waals surface area contributed by atoms with Crippen molar-refractivity contribution < 1.29 is 17.9 Å². The van der Waals surface area contributed by atoms with Gasteiger partial charge in [-0.2, -0.15) is 0 Å². The Labute approximate surface area is 219 Å². The zero-order valence-corrected chi connectivity index (χ0v) is 21.6. The van der Waals surface area contributed by atoms with Crippen LogP contribution in [0.1, 0.15) is 13.3 Å². The van der Waals surface area contributed by atoms with Crippen LogP contribution in [0.15, 0.2) is 71.6 Å². The van der Waals surface area contributed by atoms with E-state index in [2.05, 4.69) is 25.3 Å². The molecule has 1 atom stereocenters. The topological polar surface area (TPSA) is 148 Å². The predicted octanol–water partition coefficient (Wildman–Crippen LogP) is 4.51. The second-order valence-corrected chi connectivity index (χ2v) is 10.1. The third-order valence-electron chi connectivity index (χ3n) is 5.42. The van der Waals surface area contributed by atoms with Gasteiger partial charge in [0.1, 0.15) is 5.75 Å². The number of amides is 1. The maximum absolute atomic E-state index is 13.3. The lowest BCUT2D eigenvalue weighted by Crippen LogP contribution is -2.34. The summed E-state index contributed by atoms with van der Waals surface area (Å²) in [5.74, 6) is 0.229. The van der Waals surface area contributed by atoms with Crippen LogP contribution in [0.4, 0.5) is 23.0 Å². The molecule has 37 heavy (non-hydrogen) atoms. The predicted molar refractivity (Wildman–Crippen MR) is 145 cm³/mol. The van der Waals surface area contributed by atoms with Gasteiger partial charge in [-0.1, -0.05) is 36.7 Å². The summed E-state index contributed by atoms with van der Waals surface area (Å²) in [6, 6.07) is 17.2. The molecule has 0 spiro atoms. The van der Waals surface area contributed by atoms with E-state index < -0.39 is 22.0 Å². The maximum Gasteiger partial charge on any atom is 0.263 e. The summed E-state index contributed by atoms with van der Waals surface area (Å²) in [6.07, 6.45) is 0.444. The molecule has 1 heterocycles. The van der Waals surface area contributed by atoms with Gasteiger partial charge in [0, 0.05) is 11.8 Å². The summed E-state index contributed by atoms with van der Waals surface area (Å²) in [4.78, 5) is 21.1. The summed E-state index contributed by atoms with van der Waals surface area (Å²) >= 11 is 6.35. The molecule has 0 saturated carbocycles. The fourth-order valence-electron chi connectivity index (χ4n) is 3.36. The van der Waals surface area contributed by atoms with E-state index in [4.69, 9.17) is 22.1 Å². The van der Waals surface area contributed by atoms with E-state index in [0.29, 0.717) is 39.6 Å². The normalized spacial score (nSPS) is 12.1. The van der Waals surface area contributed by atoms with Crippen molar-refractivity contribution in [2.75, 3.05) is 22.5 Å². The van der Waals surface area contributed by atoms with Crippen LogP contribution in [0.3, 0.4) is 0 Å². The first-order chi connectivity index (χ1) is 17.7. The lowest BCUT2D eigenvalue weighted by molar-refractivity contribution is -0.117. The molecule has 12 heteroatoms. The number of nitrogens with zero attached hydrogens (tertiary/aromatic N) is 2. The molecule has 5 N–H and O–H groups in total. The number of anilines is 4. The molecular weight excluding hydrogens is 516 g/mol. The SMILES string of the molecule is CCC(N)C(=O)Nc1cccc(S(=O)(=O)Nc2nc3ccccc3nc2Nc2cc(OC)ccc2Cl)c1. The summed E-state index contributed by atoms with van der Waals surface area (Å²) in [7, 11) is -2.61. The molecule has 4 aromatic rings. The minimum absolute atomic E-state index is 0.0416. The number of carbonyl (C=O) groups is 1. The number of halogens is 1. The van der Waals surface area contributed by atoms with Crippen LogP contribution in [-0.4, -0.2) is 37.4 Å². The number of nitrogens with two attached hydrogens (primary N) is 1. The summed E-state index contributed by atoms with van der Waals surface area (Å²) < 4.78 is 34.5. The van der Waals surface area contributed by atoms with Crippen molar-refractivity contribution in [1.82, 2.24) is 9.97 Å². The van der Waals surface area contributed by atoms with Crippen LogP contribution >= 0.6 is 11.6 Å². The number of para-hydroxylation sites is 2. The van der Waals surface area contributed by atoms with Crippen molar-refractivity contribution in [2.45, 2.75) is 24.3 Å². The first-order valence-corrected chi connectivity index (χ1v) is 13.1. The monoisotopic (exact) mass is 540 g/mol. The fourth-order valence-corrected chi connectivity index (χ4v) is 4.58. The van der Waals surface area contributed by atoms with E-state index in [-0.39, 0.29) is 16.5 Å². The fraction of sp³-hybridized carbons (Fsp3) is 0.160. The molecule has 0 aliphatic carbocycles.